The maximum absolute atomic E-state index is 6.71. The van der Waals surface area contributed by atoms with Crippen LogP contribution in [0.3, 0.4) is 0 Å². The molecule has 3 aromatic rings. The SMILES string of the molecule is C=C(N=C(/C=C(\C(=C)C)c1ccccc1-c1ccc(C2(C3=CCCC=C3)c3ccccc3OC3C=CC=CC32)cc1)C1C=CC2=C3CCCCC3=CCC2C1)C1=CCCC=C1. The van der Waals surface area contributed by atoms with Crippen LogP contribution in [0.25, 0.3) is 16.7 Å². The molecule has 10 rings (SSSR count). The Morgan fingerprint density at radius 3 is 2.39 bits per heavy atom. The zero-order valence-corrected chi connectivity index (χ0v) is 35.7. The summed E-state index contributed by atoms with van der Waals surface area (Å²) in [6.07, 6.45) is 44.0. The first-order valence-electron chi connectivity index (χ1n) is 22.8. The number of rotatable bonds is 9. The maximum Gasteiger partial charge on any atom is 0.125 e. The molecule has 0 spiro atoms. The molecule has 61 heavy (non-hydrogen) atoms. The fourth-order valence-corrected chi connectivity index (χ4v) is 11.2. The molecule has 3 aromatic carbocycles. The molecule has 5 unspecified atom stereocenters. The van der Waals surface area contributed by atoms with Crippen molar-refractivity contribution in [2.24, 2.45) is 22.7 Å². The summed E-state index contributed by atoms with van der Waals surface area (Å²) in [5, 5.41) is 0. The van der Waals surface area contributed by atoms with E-state index < -0.39 is 5.41 Å². The number of hydrogen-bond acceptors (Lipinski definition) is 2. The third-order valence-electron chi connectivity index (χ3n) is 14.2. The number of para-hydroxylation sites is 1. The van der Waals surface area contributed by atoms with Crippen LogP contribution in [0, 0.1) is 17.8 Å². The molecule has 0 saturated heterocycles. The summed E-state index contributed by atoms with van der Waals surface area (Å²) < 4.78 is 6.71. The first kappa shape index (κ1) is 39.2. The van der Waals surface area contributed by atoms with Gasteiger partial charge in [-0.3, -0.25) is 4.99 Å². The fourth-order valence-electron chi connectivity index (χ4n) is 11.2. The minimum Gasteiger partial charge on any atom is -0.485 e. The highest BCUT2D eigenvalue weighted by molar-refractivity contribution is 6.07. The van der Waals surface area contributed by atoms with Gasteiger partial charge in [-0.1, -0.05) is 158 Å². The minimum atomic E-state index is -0.398. The standard InChI is InChI=1S/C59H57NO/c1-40(2)53(39-56(60-41(3)42-18-6-4-7-19-42)46-34-37-51-45(38-46)31-30-43-20-10-11-23-49(43)51)52-25-13-12-24-50(52)44-32-35-48(36-33-44)59(47-21-8-5-9-22-47)54-26-14-16-28-57(54)61-58-29-17-15-27-55(58)59/h6,8,12-19,21-22,24-30,32-37,39,45-46,54,57H,1,3-5,7,9-11,20,23,31,38H2,2H3/b53-39+,60-56?. The highest BCUT2D eigenvalue weighted by Crippen LogP contribution is 2.56. The molecule has 0 aromatic heterocycles. The van der Waals surface area contributed by atoms with Gasteiger partial charge in [0.2, 0.25) is 0 Å². The summed E-state index contributed by atoms with van der Waals surface area (Å²) in [5.74, 6) is 1.77. The molecule has 1 fully saturated rings. The van der Waals surface area contributed by atoms with E-state index in [1.807, 2.05) is 0 Å². The predicted molar refractivity (Wildman–Crippen MR) is 256 cm³/mol. The van der Waals surface area contributed by atoms with Gasteiger partial charge in [0.1, 0.15) is 11.9 Å². The molecular weight excluding hydrogens is 739 g/mol. The van der Waals surface area contributed by atoms with Gasteiger partial charge in [-0.15, -0.1) is 0 Å². The quantitative estimate of drug-likeness (QED) is 0.156. The van der Waals surface area contributed by atoms with Gasteiger partial charge in [0.05, 0.1) is 11.1 Å². The van der Waals surface area contributed by atoms with Crippen LogP contribution in [0.4, 0.5) is 0 Å². The van der Waals surface area contributed by atoms with E-state index in [1.54, 1.807) is 16.7 Å². The second-order valence-electron chi connectivity index (χ2n) is 17.9. The number of fused-ring (bicyclic) bond motifs is 4. The summed E-state index contributed by atoms with van der Waals surface area (Å²) >= 11 is 0. The van der Waals surface area contributed by atoms with Gasteiger partial charge in [0, 0.05) is 23.1 Å². The van der Waals surface area contributed by atoms with Crippen molar-refractivity contribution in [1.82, 2.24) is 0 Å². The lowest BCUT2D eigenvalue weighted by molar-refractivity contribution is 0.139. The molecule has 7 aliphatic rings. The molecule has 2 nitrogen and oxygen atoms in total. The first-order chi connectivity index (χ1) is 30.0. The Labute approximate surface area is 363 Å². The number of aliphatic imine (C=N–C) groups is 1. The Kier molecular flexibility index (Phi) is 10.8. The highest BCUT2D eigenvalue weighted by atomic mass is 16.5. The number of ether oxygens (including phenoxy) is 1. The van der Waals surface area contributed by atoms with Crippen LogP contribution >= 0.6 is 0 Å². The van der Waals surface area contributed by atoms with Crippen LogP contribution in [0.15, 0.2) is 215 Å². The summed E-state index contributed by atoms with van der Waals surface area (Å²) in [5.41, 5.74) is 17.0. The molecule has 0 bridgehead atoms. The molecule has 0 amide bonds. The van der Waals surface area contributed by atoms with Gasteiger partial charge in [0.25, 0.3) is 0 Å². The Balaban J connectivity index is 1.06. The average molecular weight is 796 g/mol. The molecule has 0 N–H and O–H groups in total. The van der Waals surface area contributed by atoms with E-state index in [1.165, 1.54) is 53.5 Å². The van der Waals surface area contributed by atoms with Crippen molar-refractivity contribution < 1.29 is 4.74 Å². The normalized spacial score (nSPS) is 26.5. The Hall–Kier alpha value is -5.99. The van der Waals surface area contributed by atoms with E-state index >= 15 is 0 Å². The molecule has 304 valence electrons. The van der Waals surface area contributed by atoms with Crippen molar-refractivity contribution in [3.8, 4) is 16.9 Å². The molecular formula is C59H57NO. The van der Waals surface area contributed by atoms with Gasteiger partial charge in [-0.25, -0.2) is 0 Å². The highest BCUT2D eigenvalue weighted by Gasteiger charge is 2.52. The zero-order chi connectivity index (χ0) is 41.3. The van der Waals surface area contributed by atoms with E-state index in [0.29, 0.717) is 5.92 Å². The van der Waals surface area contributed by atoms with E-state index in [-0.39, 0.29) is 17.9 Å². The smallest absolute Gasteiger partial charge is 0.125 e. The Morgan fingerprint density at radius 2 is 1.57 bits per heavy atom. The van der Waals surface area contributed by atoms with Gasteiger partial charge < -0.3 is 4.74 Å². The van der Waals surface area contributed by atoms with Crippen LogP contribution in [0.5, 0.6) is 5.75 Å². The van der Waals surface area contributed by atoms with Crippen LogP contribution in [-0.2, 0) is 5.41 Å². The van der Waals surface area contributed by atoms with E-state index in [4.69, 9.17) is 9.73 Å². The molecule has 6 aliphatic carbocycles. The number of benzene rings is 3. The van der Waals surface area contributed by atoms with E-state index in [9.17, 15) is 0 Å². The molecule has 1 aliphatic heterocycles. The van der Waals surface area contributed by atoms with Crippen molar-refractivity contribution in [3.05, 3.63) is 227 Å². The van der Waals surface area contributed by atoms with Crippen molar-refractivity contribution >= 4 is 11.3 Å². The molecule has 0 radical (unpaired) electrons. The maximum atomic E-state index is 6.71. The lowest BCUT2D eigenvalue weighted by Crippen LogP contribution is -2.49. The molecule has 5 atom stereocenters. The van der Waals surface area contributed by atoms with Crippen LogP contribution in [-0.4, -0.2) is 11.8 Å². The Bertz CT molecular complexity index is 2620. The number of nitrogens with zero attached hydrogens (tertiary/aromatic N) is 1. The first-order valence-corrected chi connectivity index (χ1v) is 22.8. The number of hydrogen-bond donors (Lipinski definition) is 0. The Morgan fingerprint density at radius 1 is 0.787 bits per heavy atom. The summed E-state index contributed by atoms with van der Waals surface area (Å²) in [7, 11) is 0. The van der Waals surface area contributed by atoms with Gasteiger partial charge >= 0.3 is 0 Å². The second kappa shape index (κ2) is 16.8. The largest absolute Gasteiger partial charge is 0.485 e. The minimum absolute atomic E-state index is 0.0567. The number of allylic oxidation sites excluding steroid dienone is 18. The van der Waals surface area contributed by atoms with Crippen molar-refractivity contribution in [2.45, 2.75) is 82.7 Å². The average Bonchev–Trinajstić information content (AvgIpc) is 3.32. The topological polar surface area (TPSA) is 21.6 Å². The lowest BCUT2D eigenvalue weighted by Gasteiger charge is -2.49. The van der Waals surface area contributed by atoms with Crippen LogP contribution in [0.2, 0.25) is 0 Å². The van der Waals surface area contributed by atoms with Gasteiger partial charge in [-0.05, 0) is 151 Å². The second-order valence-corrected chi connectivity index (χ2v) is 17.9. The fraction of sp³-hybridized carbons (Fsp3) is 0.271. The third kappa shape index (κ3) is 7.24. The van der Waals surface area contributed by atoms with Gasteiger partial charge in [-0.2, -0.15) is 0 Å². The van der Waals surface area contributed by atoms with Crippen molar-refractivity contribution in [1.29, 1.82) is 0 Å². The summed E-state index contributed by atoms with van der Waals surface area (Å²) in [4.78, 5) is 5.43. The molecule has 1 saturated carbocycles. The van der Waals surface area contributed by atoms with Crippen molar-refractivity contribution in [2.75, 3.05) is 0 Å². The molecule has 2 heteroatoms. The van der Waals surface area contributed by atoms with Gasteiger partial charge in [0.15, 0.2) is 0 Å². The van der Waals surface area contributed by atoms with Crippen LogP contribution < -0.4 is 4.74 Å². The predicted octanol–water partition coefficient (Wildman–Crippen LogP) is 15.0. The molecule has 1 heterocycles. The third-order valence-corrected chi connectivity index (χ3v) is 14.2. The van der Waals surface area contributed by atoms with Crippen molar-refractivity contribution in [3.63, 3.8) is 0 Å². The monoisotopic (exact) mass is 795 g/mol. The van der Waals surface area contributed by atoms with E-state index in [0.717, 1.165) is 78.0 Å². The summed E-state index contributed by atoms with van der Waals surface area (Å²) in [6, 6.07) is 26.9. The zero-order valence-electron chi connectivity index (χ0n) is 35.7. The summed E-state index contributed by atoms with van der Waals surface area (Å²) in [6.45, 7) is 11.3. The lowest BCUT2D eigenvalue weighted by atomic mass is 9.57. The van der Waals surface area contributed by atoms with E-state index in [2.05, 4.69) is 178 Å². The van der Waals surface area contributed by atoms with Crippen LogP contribution in [0.1, 0.15) is 87.8 Å².